The number of halogens is 2. The van der Waals surface area contributed by atoms with E-state index in [9.17, 15) is 4.79 Å². The number of hydrogen-bond acceptors (Lipinski definition) is 5. The molecule has 23 heavy (non-hydrogen) atoms. The molecule has 0 atom stereocenters. The lowest BCUT2D eigenvalue weighted by Crippen LogP contribution is -2.43. The van der Waals surface area contributed by atoms with Crippen molar-refractivity contribution >= 4 is 50.9 Å². The molecule has 8 heteroatoms. The van der Waals surface area contributed by atoms with Crippen molar-refractivity contribution in [3.63, 3.8) is 0 Å². The van der Waals surface area contributed by atoms with Crippen molar-refractivity contribution in [2.24, 2.45) is 4.99 Å². The van der Waals surface area contributed by atoms with Gasteiger partial charge in [-0.1, -0.05) is 17.7 Å². The molecule has 1 aromatic rings. The van der Waals surface area contributed by atoms with E-state index in [-0.39, 0.29) is 12.5 Å². The number of allylic oxidation sites excluding steroid dienone is 1. The molecule has 124 valence electrons. The molecular weight excluding hydrogens is 386 g/mol. The Kier molecular flexibility index (Phi) is 6.56. The third-order valence-corrected chi connectivity index (χ3v) is 4.45. The molecule has 1 fully saturated rings. The van der Waals surface area contributed by atoms with Gasteiger partial charge < -0.3 is 14.4 Å². The molecule has 0 bridgehead atoms. The van der Waals surface area contributed by atoms with Gasteiger partial charge in [0.1, 0.15) is 17.7 Å². The van der Waals surface area contributed by atoms with Gasteiger partial charge in [-0.2, -0.15) is 0 Å². The summed E-state index contributed by atoms with van der Waals surface area (Å²) in [4.78, 5) is 21.6. The second-order valence-electron chi connectivity index (χ2n) is 4.72. The van der Waals surface area contributed by atoms with Crippen molar-refractivity contribution in [2.45, 2.75) is 6.92 Å². The van der Waals surface area contributed by atoms with Crippen molar-refractivity contribution in [3.05, 3.63) is 22.3 Å². The largest absolute Gasteiger partial charge is 0.475 e. The first-order valence-corrected chi connectivity index (χ1v) is 8.21. The van der Waals surface area contributed by atoms with E-state index >= 15 is 0 Å². The number of aliphatic imine (C=N–C) groups is 1. The van der Waals surface area contributed by atoms with Crippen LogP contribution in [-0.4, -0.2) is 55.4 Å². The molecule has 6 nitrogen and oxygen atoms in total. The maximum atomic E-state index is 11.6. The van der Waals surface area contributed by atoms with Crippen LogP contribution in [0.4, 0.5) is 5.69 Å². The zero-order valence-corrected chi connectivity index (χ0v) is 15.1. The Hall–Kier alpha value is -1.44. The highest BCUT2D eigenvalue weighted by molar-refractivity contribution is 9.10. The number of carbonyl (C=O) groups excluding carboxylic acids is 1. The third kappa shape index (κ3) is 4.31. The summed E-state index contributed by atoms with van der Waals surface area (Å²) < 4.78 is 11.3. The SMILES string of the molecule is C=Nc1c(/C(Cl)=C\C)cnc(OCCN2CCOCC2=O)c1Br. The Balaban J connectivity index is 2.06. The van der Waals surface area contributed by atoms with Gasteiger partial charge in [-0.25, -0.2) is 4.98 Å². The number of amides is 1. The number of rotatable bonds is 6. The number of aromatic nitrogens is 1. The fourth-order valence-electron chi connectivity index (χ4n) is 2.09. The number of nitrogens with zero attached hydrogens (tertiary/aromatic N) is 3. The summed E-state index contributed by atoms with van der Waals surface area (Å²) >= 11 is 9.56. The van der Waals surface area contributed by atoms with Crippen LogP contribution < -0.4 is 4.74 Å². The van der Waals surface area contributed by atoms with Gasteiger partial charge in [0, 0.05) is 23.3 Å². The Morgan fingerprint density at radius 1 is 1.70 bits per heavy atom. The lowest BCUT2D eigenvalue weighted by molar-refractivity contribution is -0.143. The van der Waals surface area contributed by atoms with Crippen molar-refractivity contribution in [1.29, 1.82) is 0 Å². The molecule has 1 aromatic heterocycles. The van der Waals surface area contributed by atoms with Gasteiger partial charge in [-0.3, -0.25) is 9.79 Å². The van der Waals surface area contributed by atoms with Crippen LogP contribution in [0.25, 0.3) is 5.03 Å². The highest BCUT2D eigenvalue weighted by atomic mass is 79.9. The predicted molar refractivity (Wildman–Crippen MR) is 93.5 cm³/mol. The molecule has 0 radical (unpaired) electrons. The van der Waals surface area contributed by atoms with Crippen LogP contribution in [0.3, 0.4) is 0 Å². The highest BCUT2D eigenvalue weighted by Crippen LogP contribution is 2.39. The Morgan fingerprint density at radius 2 is 2.48 bits per heavy atom. The van der Waals surface area contributed by atoms with E-state index in [1.165, 1.54) is 0 Å². The topological polar surface area (TPSA) is 64.0 Å². The number of carbonyl (C=O) groups is 1. The van der Waals surface area contributed by atoms with Crippen LogP contribution in [0, 0.1) is 0 Å². The molecule has 0 saturated carbocycles. The molecule has 1 saturated heterocycles. The number of hydrogen-bond donors (Lipinski definition) is 0. The maximum absolute atomic E-state index is 11.6. The van der Waals surface area contributed by atoms with Crippen LogP contribution >= 0.6 is 27.5 Å². The molecule has 0 aliphatic carbocycles. The van der Waals surface area contributed by atoms with E-state index in [1.807, 2.05) is 6.92 Å². The Labute approximate surface area is 148 Å². The lowest BCUT2D eigenvalue weighted by atomic mass is 10.2. The van der Waals surface area contributed by atoms with Gasteiger partial charge in [0.25, 0.3) is 0 Å². The third-order valence-electron chi connectivity index (χ3n) is 3.31. The fraction of sp³-hybridized carbons (Fsp3) is 0.400. The van der Waals surface area contributed by atoms with Gasteiger partial charge in [-0.05, 0) is 29.6 Å². The number of pyridine rings is 1. The highest BCUT2D eigenvalue weighted by Gasteiger charge is 2.19. The molecule has 0 spiro atoms. The standard InChI is InChI=1S/C15H17BrClN3O3/c1-3-11(17)10-8-19-15(13(16)14(10)18-2)23-7-5-20-4-6-22-9-12(20)21/h3,8H,2,4-7,9H2,1H3/b11-3+. The molecule has 2 heterocycles. The van der Waals surface area contributed by atoms with Crippen molar-refractivity contribution in [2.75, 3.05) is 32.9 Å². The molecule has 1 amide bonds. The van der Waals surface area contributed by atoms with Crippen molar-refractivity contribution < 1.29 is 14.3 Å². The lowest BCUT2D eigenvalue weighted by Gasteiger charge is -2.26. The minimum Gasteiger partial charge on any atom is -0.475 e. The van der Waals surface area contributed by atoms with Gasteiger partial charge in [0.05, 0.1) is 18.8 Å². The zero-order chi connectivity index (χ0) is 16.8. The van der Waals surface area contributed by atoms with Gasteiger partial charge in [0.15, 0.2) is 0 Å². The van der Waals surface area contributed by atoms with E-state index in [0.717, 1.165) is 0 Å². The molecule has 0 N–H and O–H groups in total. The van der Waals surface area contributed by atoms with Crippen molar-refractivity contribution in [3.8, 4) is 5.88 Å². The second kappa shape index (κ2) is 8.42. The number of ether oxygens (including phenoxy) is 2. The van der Waals surface area contributed by atoms with E-state index < -0.39 is 0 Å². The summed E-state index contributed by atoms with van der Waals surface area (Å²) in [5.41, 5.74) is 1.24. The summed E-state index contributed by atoms with van der Waals surface area (Å²) in [6.07, 6.45) is 3.34. The first-order valence-electron chi connectivity index (χ1n) is 7.04. The quantitative estimate of drug-likeness (QED) is 0.686. The van der Waals surface area contributed by atoms with Crippen LogP contribution in [0.2, 0.25) is 0 Å². The van der Waals surface area contributed by atoms with Crippen LogP contribution in [0.1, 0.15) is 12.5 Å². The van der Waals surface area contributed by atoms with Gasteiger partial charge >= 0.3 is 0 Å². The first kappa shape index (κ1) is 17.9. The maximum Gasteiger partial charge on any atom is 0.248 e. The van der Waals surface area contributed by atoms with Gasteiger partial charge in [0.2, 0.25) is 11.8 Å². The van der Waals surface area contributed by atoms with Crippen LogP contribution in [0.5, 0.6) is 5.88 Å². The monoisotopic (exact) mass is 401 g/mol. The smallest absolute Gasteiger partial charge is 0.248 e. The van der Waals surface area contributed by atoms with Gasteiger partial charge in [-0.15, -0.1) is 0 Å². The predicted octanol–water partition coefficient (Wildman–Crippen LogP) is 3.01. The minimum atomic E-state index is -0.0319. The Bertz CT molecular complexity index is 637. The fourth-order valence-corrected chi connectivity index (χ4v) is 2.78. The molecule has 1 aliphatic heterocycles. The van der Waals surface area contributed by atoms with E-state index in [4.69, 9.17) is 21.1 Å². The molecule has 0 unspecified atom stereocenters. The summed E-state index contributed by atoms with van der Waals surface area (Å²) in [5, 5.41) is 0.533. The summed E-state index contributed by atoms with van der Waals surface area (Å²) in [6, 6.07) is 0. The van der Waals surface area contributed by atoms with Crippen LogP contribution in [0.15, 0.2) is 21.7 Å². The minimum absolute atomic E-state index is 0.0319. The normalized spacial score (nSPS) is 15.7. The summed E-state index contributed by atoms with van der Waals surface area (Å²) in [6.45, 7) is 7.44. The van der Waals surface area contributed by atoms with E-state index in [2.05, 4.69) is 32.6 Å². The first-order chi connectivity index (χ1) is 11.1. The van der Waals surface area contributed by atoms with E-state index in [0.29, 0.717) is 52.9 Å². The molecule has 1 aliphatic rings. The van der Waals surface area contributed by atoms with E-state index in [1.54, 1.807) is 17.2 Å². The zero-order valence-electron chi connectivity index (χ0n) is 12.7. The average molecular weight is 403 g/mol. The summed E-state index contributed by atoms with van der Waals surface area (Å²) in [5.74, 6) is 0.355. The number of morpholine rings is 1. The average Bonchev–Trinajstić information content (AvgIpc) is 2.57. The second-order valence-corrected chi connectivity index (χ2v) is 5.92. The molecular formula is C15H17BrClN3O3. The molecule has 0 aromatic carbocycles. The molecule has 2 rings (SSSR count). The van der Waals surface area contributed by atoms with Crippen LogP contribution in [-0.2, 0) is 9.53 Å². The van der Waals surface area contributed by atoms with Crippen molar-refractivity contribution in [1.82, 2.24) is 9.88 Å². The summed E-state index contributed by atoms with van der Waals surface area (Å²) in [7, 11) is 0. The Morgan fingerprint density at radius 3 is 3.13 bits per heavy atom.